The maximum atomic E-state index is 12.3. The van der Waals surface area contributed by atoms with E-state index in [1.165, 1.54) is 5.56 Å². The van der Waals surface area contributed by atoms with Crippen molar-refractivity contribution in [2.45, 2.75) is 40.7 Å². The maximum absolute atomic E-state index is 12.3. The van der Waals surface area contributed by atoms with Gasteiger partial charge in [0.2, 0.25) is 0 Å². The zero-order valence-electron chi connectivity index (χ0n) is 14.4. The highest BCUT2D eigenvalue weighted by atomic mass is 16.1. The smallest absolute Gasteiger partial charge is 0.147 e. The van der Waals surface area contributed by atoms with Gasteiger partial charge in [0.15, 0.2) is 0 Å². The molecule has 1 aliphatic carbocycles. The van der Waals surface area contributed by atoms with Crippen LogP contribution in [0, 0.1) is 17.8 Å². The molecule has 1 saturated carbocycles. The van der Waals surface area contributed by atoms with Crippen molar-refractivity contribution in [3.63, 3.8) is 0 Å². The number of piperazine rings is 1. The molecule has 0 spiro atoms. The van der Waals surface area contributed by atoms with Gasteiger partial charge in [0.25, 0.3) is 0 Å². The van der Waals surface area contributed by atoms with Crippen molar-refractivity contribution < 1.29 is 4.79 Å². The summed E-state index contributed by atoms with van der Waals surface area (Å²) < 4.78 is 0. The van der Waals surface area contributed by atoms with E-state index in [9.17, 15) is 4.79 Å². The monoisotopic (exact) mass is 301 g/mol. The van der Waals surface area contributed by atoms with Gasteiger partial charge in [0, 0.05) is 49.2 Å². The predicted molar refractivity (Wildman–Crippen MR) is 89.1 cm³/mol. The molecule has 120 valence electrons. The number of hydrogen-bond donors (Lipinski definition) is 0. The Hall–Kier alpha value is -1.42. The second kappa shape index (κ2) is 5.05. The number of carbonyl (C=O) groups is 1. The summed E-state index contributed by atoms with van der Waals surface area (Å²) in [7, 11) is 0. The Kier molecular flexibility index (Phi) is 3.55. The van der Waals surface area contributed by atoms with Crippen LogP contribution in [0.25, 0.3) is 0 Å². The fraction of sp³-hybridized carbons (Fsp3) is 0.667. The summed E-state index contributed by atoms with van der Waals surface area (Å²) in [5.41, 5.74) is 0.819. The molecule has 0 unspecified atom stereocenters. The third-order valence-corrected chi connectivity index (χ3v) is 5.44. The molecule has 1 aliphatic heterocycles. The number of ketones is 1. The molecule has 2 heterocycles. The average molecular weight is 301 g/mol. The zero-order valence-corrected chi connectivity index (χ0v) is 14.4. The molecule has 4 nitrogen and oxygen atoms in total. The molecular weight excluding hydrogens is 274 g/mol. The molecule has 0 radical (unpaired) electrons. The Morgan fingerprint density at radius 1 is 1.09 bits per heavy atom. The molecule has 0 amide bonds. The average Bonchev–Trinajstić information content (AvgIpc) is 2.47. The van der Waals surface area contributed by atoms with Crippen LogP contribution in [-0.4, -0.2) is 47.9 Å². The first kappa shape index (κ1) is 15.5. The van der Waals surface area contributed by atoms with Gasteiger partial charge < -0.3 is 4.90 Å². The minimum absolute atomic E-state index is 0.215. The van der Waals surface area contributed by atoms with E-state index in [2.05, 4.69) is 55.5 Å². The van der Waals surface area contributed by atoms with Crippen molar-refractivity contribution in [1.29, 1.82) is 0 Å². The predicted octanol–water partition coefficient (Wildman–Crippen LogP) is 2.52. The second-order valence-electron chi connectivity index (χ2n) is 7.89. The SMILES string of the molecule is Cc1ccnc(N2CCN(C3C(C)(C)C(=O)C3(C)C)CC2)c1. The van der Waals surface area contributed by atoms with Gasteiger partial charge in [-0.3, -0.25) is 9.69 Å². The van der Waals surface area contributed by atoms with E-state index in [1.807, 2.05) is 12.3 Å². The molecule has 22 heavy (non-hydrogen) atoms. The topological polar surface area (TPSA) is 36.4 Å². The molecule has 1 aromatic heterocycles. The van der Waals surface area contributed by atoms with Gasteiger partial charge in [-0.25, -0.2) is 4.98 Å². The lowest BCUT2D eigenvalue weighted by Crippen LogP contribution is -2.72. The summed E-state index contributed by atoms with van der Waals surface area (Å²) >= 11 is 0. The van der Waals surface area contributed by atoms with Gasteiger partial charge in [-0.05, 0) is 24.6 Å². The molecule has 4 heteroatoms. The third kappa shape index (κ3) is 2.24. The Morgan fingerprint density at radius 3 is 2.23 bits per heavy atom. The third-order valence-electron chi connectivity index (χ3n) is 5.44. The summed E-state index contributed by atoms with van der Waals surface area (Å²) in [5.74, 6) is 1.47. The molecule has 1 aromatic rings. The lowest BCUT2D eigenvalue weighted by molar-refractivity contribution is -0.170. The second-order valence-corrected chi connectivity index (χ2v) is 7.89. The van der Waals surface area contributed by atoms with Gasteiger partial charge in [-0.1, -0.05) is 27.7 Å². The molecule has 2 fully saturated rings. The highest BCUT2D eigenvalue weighted by molar-refractivity contribution is 5.97. The van der Waals surface area contributed by atoms with Crippen LogP contribution in [0.4, 0.5) is 5.82 Å². The number of hydrogen-bond acceptors (Lipinski definition) is 4. The number of nitrogens with zero attached hydrogens (tertiary/aromatic N) is 3. The number of carbonyl (C=O) groups excluding carboxylic acids is 1. The van der Waals surface area contributed by atoms with Gasteiger partial charge in [0.1, 0.15) is 11.6 Å². The summed E-state index contributed by atoms with van der Waals surface area (Å²) in [6.45, 7) is 14.5. The lowest BCUT2D eigenvalue weighted by Gasteiger charge is -2.60. The van der Waals surface area contributed by atoms with Gasteiger partial charge in [-0.2, -0.15) is 0 Å². The zero-order chi connectivity index (χ0) is 16.1. The Bertz CT molecular complexity index is 568. The molecule has 0 aromatic carbocycles. The van der Waals surface area contributed by atoms with Crippen molar-refractivity contribution in [2.24, 2.45) is 10.8 Å². The Morgan fingerprint density at radius 2 is 1.68 bits per heavy atom. The fourth-order valence-electron chi connectivity index (χ4n) is 4.72. The highest BCUT2D eigenvalue weighted by Gasteiger charge is 2.63. The number of Topliss-reactive ketones (excluding diaryl/α,β-unsaturated/α-hetero) is 1. The molecule has 0 N–H and O–H groups in total. The van der Waals surface area contributed by atoms with Crippen molar-refractivity contribution in [3.05, 3.63) is 23.9 Å². The largest absolute Gasteiger partial charge is 0.354 e. The van der Waals surface area contributed by atoms with Gasteiger partial charge in [0.05, 0.1) is 0 Å². The first-order valence-electron chi connectivity index (χ1n) is 8.21. The maximum Gasteiger partial charge on any atom is 0.147 e. The molecule has 1 saturated heterocycles. The van der Waals surface area contributed by atoms with Gasteiger partial charge >= 0.3 is 0 Å². The minimum Gasteiger partial charge on any atom is -0.354 e. The number of aryl methyl sites for hydroxylation is 1. The van der Waals surface area contributed by atoms with Crippen LogP contribution in [0.1, 0.15) is 33.3 Å². The van der Waals surface area contributed by atoms with Crippen LogP contribution < -0.4 is 4.90 Å². The normalized spacial score (nSPS) is 25.1. The van der Waals surface area contributed by atoms with E-state index in [1.54, 1.807) is 0 Å². The van der Waals surface area contributed by atoms with E-state index in [4.69, 9.17) is 0 Å². The van der Waals surface area contributed by atoms with Crippen molar-refractivity contribution in [3.8, 4) is 0 Å². The first-order valence-corrected chi connectivity index (χ1v) is 8.21. The van der Waals surface area contributed by atoms with Crippen LogP contribution in [0.5, 0.6) is 0 Å². The quantitative estimate of drug-likeness (QED) is 0.841. The van der Waals surface area contributed by atoms with Crippen molar-refractivity contribution in [2.75, 3.05) is 31.1 Å². The van der Waals surface area contributed by atoms with Crippen LogP contribution >= 0.6 is 0 Å². The molecule has 2 aliphatic rings. The minimum atomic E-state index is -0.215. The van der Waals surface area contributed by atoms with E-state index in [0.717, 1.165) is 32.0 Å². The Labute approximate surface area is 133 Å². The van der Waals surface area contributed by atoms with Gasteiger partial charge in [-0.15, -0.1) is 0 Å². The molecule has 3 rings (SSSR count). The highest BCUT2D eigenvalue weighted by Crippen LogP contribution is 2.53. The number of aromatic nitrogens is 1. The fourth-order valence-corrected chi connectivity index (χ4v) is 4.72. The molecule has 0 atom stereocenters. The van der Waals surface area contributed by atoms with E-state index < -0.39 is 0 Å². The standard InChI is InChI=1S/C18H27N3O/c1-13-6-7-19-14(12-13)20-8-10-21(11-9-20)15-17(2,3)16(22)18(15,4)5/h6-7,12,15H,8-11H2,1-5H3. The summed E-state index contributed by atoms with van der Waals surface area (Å²) in [4.78, 5) is 21.7. The van der Waals surface area contributed by atoms with Crippen LogP contribution in [0.3, 0.4) is 0 Å². The van der Waals surface area contributed by atoms with E-state index >= 15 is 0 Å². The first-order chi connectivity index (χ1) is 10.2. The Balaban J connectivity index is 1.69. The number of anilines is 1. The molecular formula is C18H27N3O. The molecule has 0 bridgehead atoms. The van der Waals surface area contributed by atoms with Crippen molar-refractivity contribution in [1.82, 2.24) is 9.88 Å². The summed E-state index contributed by atoms with van der Waals surface area (Å²) in [6, 6.07) is 4.53. The van der Waals surface area contributed by atoms with Crippen LogP contribution in [0.2, 0.25) is 0 Å². The van der Waals surface area contributed by atoms with Crippen molar-refractivity contribution >= 4 is 11.6 Å². The summed E-state index contributed by atoms with van der Waals surface area (Å²) in [5, 5.41) is 0. The van der Waals surface area contributed by atoms with E-state index in [0.29, 0.717) is 11.8 Å². The van der Waals surface area contributed by atoms with Crippen LogP contribution in [0.15, 0.2) is 18.3 Å². The van der Waals surface area contributed by atoms with E-state index in [-0.39, 0.29) is 10.8 Å². The lowest BCUT2D eigenvalue weighted by atomic mass is 9.50. The van der Waals surface area contributed by atoms with Crippen LogP contribution in [-0.2, 0) is 4.79 Å². The number of rotatable bonds is 2. The summed E-state index contributed by atoms with van der Waals surface area (Å²) in [6.07, 6.45) is 1.88. The number of pyridine rings is 1.